The largest absolute Gasteiger partial charge is 0.356 e. The molecule has 1 aliphatic rings. The molecule has 1 aromatic rings. The second kappa shape index (κ2) is 6.57. The molecule has 1 aromatic heterocycles. The van der Waals surface area contributed by atoms with Crippen LogP contribution in [0.25, 0.3) is 0 Å². The van der Waals surface area contributed by atoms with Gasteiger partial charge in [-0.2, -0.15) is 0 Å². The third-order valence-corrected chi connectivity index (χ3v) is 4.43. The van der Waals surface area contributed by atoms with Gasteiger partial charge in [-0.25, -0.2) is 4.98 Å². The molecule has 1 aliphatic heterocycles. The van der Waals surface area contributed by atoms with Gasteiger partial charge in [-0.1, -0.05) is 26.8 Å². The van der Waals surface area contributed by atoms with E-state index in [0.29, 0.717) is 11.5 Å². The SMILES string of the molecule is CCNC(C)c1cccnc1N1CCCC(C)(C)CC1. The highest BCUT2D eigenvalue weighted by molar-refractivity contribution is 5.48. The standard InChI is InChI=1S/C17H29N3/c1-5-18-14(2)15-8-6-11-19-16(15)20-12-7-9-17(3,4)10-13-20/h6,8,11,14,18H,5,7,9-10,12-13H2,1-4H3. The molecule has 0 spiro atoms. The number of rotatable bonds is 4. The second-order valence-electron chi connectivity index (χ2n) is 6.70. The summed E-state index contributed by atoms with van der Waals surface area (Å²) in [6, 6.07) is 4.63. The Morgan fingerprint density at radius 3 is 2.90 bits per heavy atom. The van der Waals surface area contributed by atoms with Crippen LogP contribution >= 0.6 is 0 Å². The molecule has 1 fully saturated rings. The molecule has 0 amide bonds. The maximum Gasteiger partial charge on any atom is 0.133 e. The van der Waals surface area contributed by atoms with E-state index in [4.69, 9.17) is 0 Å². The van der Waals surface area contributed by atoms with Crippen molar-refractivity contribution in [3.63, 3.8) is 0 Å². The minimum Gasteiger partial charge on any atom is -0.356 e. The van der Waals surface area contributed by atoms with Crippen molar-refractivity contribution < 1.29 is 0 Å². The van der Waals surface area contributed by atoms with Crippen LogP contribution in [0, 0.1) is 5.41 Å². The first-order chi connectivity index (χ1) is 9.53. The van der Waals surface area contributed by atoms with Crippen molar-refractivity contribution in [3.8, 4) is 0 Å². The molecule has 1 N–H and O–H groups in total. The Morgan fingerprint density at radius 1 is 1.35 bits per heavy atom. The first-order valence-electron chi connectivity index (χ1n) is 7.97. The van der Waals surface area contributed by atoms with Crippen molar-refractivity contribution in [2.24, 2.45) is 5.41 Å². The molecule has 0 bridgehead atoms. The van der Waals surface area contributed by atoms with Crippen LogP contribution in [-0.4, -0.2) is 24.6 Å². The molecule has 0 aromatic carbocycles. The monoisotopic (exact) mass is 275 g/mol. The Hall–Kier alpha value is -1.09. The maximum atomic E-state index is 4.68. The van der Waals surface area contributed by atoms with E-state index in [2.05, 4.69) is 55.0 Å². The van der Waals surface area contributed by atoms with Gasteiger partial charge in [0.25, 0.3) is 0 Å². The third-order valence-electron chi connectivity index (χ3n) is 4.43. The molecule has 0 radical (unpaired) electrons. The molecule has 3 heteroatoms. The molecule has 112 valence electrons. The average Bonchev–Trinajstić information content (AvgIpc) is 2.60. The van der Waals surface area contributed by atoms with Gasteiger partial charge in [0.1, 0.15) is 5.82 Å². The van der Waals surface area contributed by atoms with Crippen molar-refractivity contribution in [2.75, 3.05) is 24.5 Å². The molecular formula is C17H29N3. The number of nitrogens with zero attached hydrogens (tertiary/aromatic N) is 2. The zero-order valence-corrected chi connectivity index (χ0v) is 13.4. The van der Waals surface area contributed by atoms with Gasteiger partial charge in [0, 0.05) is 30.9 Å². The summed E-state index contributed by atoms with van der Waals surface area (Å²) in [5.41, 5.74) is 1.80. The van der Waals surface area contributed by atoms with Gasteiger partial charge in [0.2, 0.25) is 0 Å². The molecule has 3 nitrogen and oxygen atoms in total. The lowest BCUT2D eigenvalue weighted by Crippen LogP contribution is -2.29. The van der Waals surface area contributed by atoms with Crippen LogP contribution < -0.4 is 10.2 Å². The highest BCUT2D eigenvalue weighted by atomic mass is 15.2. The van der Waals surface area contributed by atoms with E-state index in [1.165, 1.54) is 30.6 Å². The zero-order chi connectivity index (χ0) is 14.6. The lowest BCUT2D eigenvalue weighted by atomic mass is 9.85. The molecule has 1 saturated heterocycles. The molecule has 1 atom stereocenters. The van der Waals surface area contributed by atoms with Crippen LogP contribution in [0.3, 0.4) is 0 Å². The first kappa shape index (κ1) is 15.3. The lowest BCUT2D eigenvalue weighted by molar-refractivity contribution is 0.325. The highest BCUT2D eigenvalue weighted by Crippen LogP contribution is 2.33. The molecule has 2 heterocycles. The van der Waals surface area contributed by atoms with Crippen molar-refractivity contribution in [2.45, 2.75) is 53.0 Å². The summed E-state index contributed by atoms with van der Waals surface area (Å²) in [7, 11) is 0. The summed E-state index contributed by atoms with van der Waals surface area (Å²) in [6.07, 6.45) is 5.75. The van der Waals surface area contributed by atoms with E-state index < -0.39 is 0 Å². The topological polar surface area (TPSA) is 28.2 Å². The van der Waals surface area contributed by atoms with Gasteiger partial charge in [0.15, 0.2) is 0 Å². The van der Waals surface area contributed by atoms with Gasteiger partial charge in [-0.3, -0.25) is 0 Å². The van der Waals surface area contributed by atoms with Crippen LogP contribution in [0.15, 0.2) is 18.3 Å². The number of anilines is 1. The lowest BCUT2D eigenvalue weighted by Gasteiger charge is -2.27. The fourth-order valence-corrected chi connectivity index (χ4v) is 3.06. The second-order valence-corrected chi connectivity index (χ2v) is 6.70. The van der Waals surface area contributed by atoms with Crippen LogP contribution in [0.1, 0.15) is 58.6 Å². The quantitative estimate of drug-likeness (QED) is 0.906. The number of hydrogen-bond acceptors (Lipinski definition) is 3. The van der Waals surface area contributed by atoms with Crippen molar-refractivity contribution in [1.29, 1.82) is 0 Å². The average molecular weight is 275 g/mol. The van der Waals surface area contributed by atoms with Gasteiger partial charge >= 0.3 is 0 Å². The Bertz CT molecular complexity index is 428. The fourth-order valence-electron chi connectivity index (χ4n) is 3.06. The Labute approximate surface area is 123 Å². The van der Waals surface area contributed by atoms with E-state index in [0.717, 1.165) is 19.6 Å². The minimum absolute atomic E-state index is 0.361. The summed E-state index contributed by atoms with van der Waals surface area (Å²) < 4.78 is 0. The highest BCUT2D eigenvalue weighted by Gasteiger charge is 2.25. The number of nitrogens with one attached hydrogen (secondary N) is 1. The Morgan fingerprint density at radius 2 is 2.15 bits per heavy atom. The number of hydrogen-bond donors (Lipinski definition) is 1. The van der Waals surface area contributed by atoms with Crippen LogP contribution in [0.2, 0.25) is 0 Å². The van der Waals surface area contributed by atoms with Gasteiger partial charge in [0.05, 0.1) is 0 Å². The maximum absolute atomic E-state index is 4.68. The van der Waals surface area contributed by atoms with E-state index in [-0.39, 0.29) is 0 Å². The number of pyridine rings is 1. The molecule has 2 rings (SSSR count). The fraction of sp³-hybridized carbons (Fsp3) is 0.706. The van der Waals surface area contributed by atoms with Gasteiger partial charge < -0.3 is 10.2 Å². The normalized spacial score (nSPS) is 20.5. The summed E-state index contributed by atoms with van der Waals surface area (Å²) in [6.45, 7) is 12.4. The predicted octanol–water partition coefficient (Wildman–Crippen LogP) is 3.77. The van der Waals surface area contributed by atoms with E-state index in [1.807, 2.05) is 6.20 Å². The molecule has 0 aliphatic carbocycles. The molecule has 20 heavy (non-hydrogen) atoms. The van der Waals surface area contributed by atoms with Crippen LogP contribution in [-0.2, 0) is 0 Å². The molecule has 0 saturated carbocycles. The van der Waals surface area contributed by atoms with Crippen LogP contribution in [0.5, 0.6) is 0 Å². The van der Waals surface area contributed by atoms with E-state index >= 15 is 0 Å². The van der Waals surface area contributed by atoms with Crippen LogP contribution in [0.4, 0.5) is 5.82 Å². The van der Waals surface area contributed by atoms with Crippen molar-refractivity contribution in [1.82, 2.24) is 10.3 Å². The van der Waals surface area contributed by atoms with Crippen molar-refractivity contribution in [3.05, 3.63) is 23.9 Å². The van der Waals surface area contributed by atoms with E-state index in [9.17, 15) is 0 Å². The first-order valence-corrected chi connectivity index (χ1v) is 7.97. The number of aromatic nitrogens is 1. The van der Waals surface area contributed by atoms with E-state index in [1.54, 1.807) is 0 Å². The Balaban J connectivity index is 2.19. The smallest absolute Gasteiger partial charge is 0.133 e. The summed E-state index contributed by atoms with van der Waals surface area (Å²) in [5, 5.41) is 3.51. The van der Waals surface area contributed by atoms with Crippen molar-refractivity contribution >= 4 is 5.82 Å². The summed E-state index contributed by atoms with van der Waals surface area (Å²) in [4.78, 5) is 7.17. The summed E-state index contributed by atoms with van der Waals surface area (Å²) >= 11 is 0. The third kappa shape index (κ3) is 3.72. The predicted molar refractivity (Wildman–Crippen MR) is 86.2 cm³/mol. The molecular weight excluding hydrogens is 246 g/mol. The minimum atomic E-state index is 0.361. The molecule has 1 unspecified atom stereocenters. The van der Waals surface area contributed by atoms with Gasteiger partial charge in [-0.05, 0) is 44.2 Å². The zero-order valence-electron chi connectivity index (χ0n) is 13.4. The summed E-state index contributed by atoms with van der Waals surface area (Å²) in [5.74, 6) is 1.18. The Kier molecular flexibility index (Phi) is 5.03. The van der Waals surface area contributed by atoms with Gasteiger partial charge in [-0.15, -0.1) is 0 Å².